The van der Waals surface area contributed by atoms with E-state index in [1.807, 2.05) is 6.26 Å². The number of rotatable bonds is 1. The second-order valence-corrected chi connectivity index (χ2v) is 3.71. The van der Waals surface area contributed by atoms with Gasteiger partial charge in [-0.05, 0) is 6.26 Å². The van der Waals surface area contributed by atoms with Crippen LogP contribution in [0.4, 0.5) is 0 Å². The number of pyridine rings is 1. The van der Waals surface area contributed by atoms with Gasteiger partial charge in [-0.2, -0.15) is 0 Å². The molecule has 0 unspecified atom stereocenters. The van der Waals surface area contributed by atoms with Gasteiger partial charge in [0.1, 0.15) is 5.15 Å². The maximum Gasteiger partial charge on any atom is 0.149 e. The fraction of sp³-hybridized carbons (Fsp3) is 0.167. The van der Waals surface area contributed by atoms with Gasteiger partial charge in [0.2, 0.25) is 0 Å². The molecule has 1 aromatic heterocycles. The van der Waals surface area contributed by atoms with Gasteiger partial charge in [-0.1, -0.05) is 34.8 Å². The van der Waals surface area contributed by atoms with Gasteiger partial charge in [-0.15, -0.1) is 11.8 Å². The van der Waals surface area contributed by atoms with Crippen LogP contribution in [0.2, 0.25) is 15.2 Å². The molecule has 1 rings (SSSR count). The lowest BCUT2D eigenvalue weighted by Crippen LogP contribution is -1.81. The molecule has 11 heavy (non-hydrogen) atoms. The standard InChI is InChI=1S/C6H4Cl3NS/c1-11-3-2-10-6(9)5(8)4(3)7/h2H,1H3. The van der Waals surface area contributed by atoms with Crippen LogP contribution in [0.5, 0.6) is 0 Å². The highest BCUT2D eigenvalue weighted by Gasteiger charge is 2.08. The summed E-state index contributed by atoms with van der Waals surface area (Å²) in [5.41, 5.74) is 0. The zero-order chi connectivity index (χ0) is 8.43. The molecule has 0 saturated carbocycles. The Morgan fingerprint density at radius 3 is 2.45 bits per heavy atom. The molecule has 0 aliphatic heterocycles. The molecule has 1 aromatic rings. The van der Waals surface area contributed by atoms with Crippen LogP contribution in [-0.2, 0) is 0 Å². The highest BCUT2D eigenvalue weighted by molar-refractivity contribution is 7.98. The molecule has 5 heteroatoms. The highest BCUT2D eigenvalue weighted by atomic mass is 35.5. The third-order valence-electron chi connectivity index (χ3n) is 1.11. The molecular formula is C6H4Cl3NS. The smallest absolute Gasteiger partial charge is 0.149 e. The van der Waals surface area contributed by atoms with Crippen molar-refractivity contribution in [2.45, 2.75) is 4.90 Å². The van der Waals surface area contributed by atoms with E-state index >= 15 is 0 Å². The van der Waals surface area contributed by atoms with Crippen molar-refractivity contribution in [3.63, 3.8) is 0 Å². The molecule has 1 heterocycles. The Balaban J connectivity index is 3.25. The minimum absolute atomic E-state index is 0.245. The second kappa shape index (κ2) is 3.85. The van der Waals surface area contributed by atoms with Gasteiger partial charge in [-0.3, -0.25) is 0 Å². The molecule has 1 nitrogen and oxygen atoms in total. The zero-order valence-corrected chi connectivity index (χ0v) is 8.65. The molecule has 0 aliphatic carbocycles. The summed E-state index contributed by atoms with van der Waals surface area (Å²) in [6.07, 6.45) is 3.49. The summed E-state index contributed by atoms with van der Waals surface area (Å²) < 4.78 is 0. The Morgan fingerprint density at radius 1 is 1.27 bits per heavy atom. The molecule has 0 aliphatic rings. The summed E-state index contributed by atoms with van der Waals surface area (Å²) in [6, 6.07) is 0. The van der Waals surface area contributed by atoms with E-state index in [1.54, 1.807) is 6.20 Å². The van der Waals surface area contributed by atoms with Crippen LogP contribution >= 0.6 is 46.6 Å². The normalized spacial score (nSPS) is 10.2. The minimum atomic E-state index is 0.245. The first kappa shape index (κ1) is 9.46. The summed E-state index contributed by atoms with van der Waals surface area (Å²) in [5.74, 6) is 0. The number of hydrogen-bond donors (Lipinski definition) is 0. The first-order valence-corrected chi connectivity index (χ1v) is 5.06. The van der Waals surface area contributed by atoms with E-state index in [0.29, 0.717) is 10.0 Å². The molecule has 0 amide bonds. The Kier molecular flexibility index (Phi) is 3.31. The predicted octanol–water partition coefficient (Wildman–Crippen LogP) is 3.76. The maximum atomic E-state index is 5.82. The Bertz CT molecular complexity index is 277. The molecule has 0 fully saturated rings. The number of thioether (sulfide) groups is 1. The quantitative estimate of drug-likeness (QED) is 0.536. The van der Waals surface area contributed by atoms with E-state index in [9.17, 15) is 0 Å². The van der Waals surface area contributed by atoms with Gasteiger partial charge >= 0.3 is 0 Å². The molecule has 0 atom stereocenters. The van der Waals surface area contributed by atoms with E-state index in [-0.39, 0.29) is 5.15 Å². The van der Waals surface area contributed by atoms with Crippen LogP contribution in [-0.4, -0.2) is 11.2 Å². The number of aromatic nitrogens is 1. The average Bonchev–Trinajstić information content (AvgIpc) is 2.01. The van der Waals surface area contributed by atoms with Crippen LogP contribution in [0.25, 0.3) is 0 Å². The highest BCUT2D eigenvalue weighted by Crippen LogP contribution is 2.34. The SMILES string of the molecule is CSc1cnc(Cl)c(Cl)c1Cl. The van der Waals surface area contributed by atoms with Gasteiger partial charge < -0.3 is 0 Å². The molecular weight excluding hydrogens is 224 g/mol. The fourth-order valence-electron chi connectivity index (χ4n) is 0.570. The van der Waals surface area contributed by atoms with Crippen molar-refractivity contribution >= 4 is 46.6 Å². The Morgan fingerprint density at radius 2 is 1.91 bits per heavy atom. The monoisotopic (exact) mass is 227 g/mol. The first-order valence-electron chi connectivity index (χ1n) is 2.70. The lowest BCUT2D eigenvalue weighted by molar-refractivity contribution is 1.24. The van der Waals surface area contributed by atoms with Crippen LogP contribution in [0, 0.1) is 0 Å². The molecule has 0 bridgehead atoms. The minimum Gasteiger partial charge on any atom is -0.242 e. The van der Waals surface area contributed by atoms with Crippen molar-refractivity contribution in [2.24, 2.45) is 0 Å². The molecule has 60 valence electrons. The van der Waals surface area contributed by atoms with Crippen molar-refractivity contribution in [1.82, 2.24) is 4.98 Å². The van der Waals surface area contributed by atoms with Gasteiger partial charge in [0.25, 0.3) is 0 Å². The van der Waals surface area contributed by atoms with Crippen LogP contribution < -0.4 is 0 Å². The van der Waals surface area contributed by atoms with Crippen molar-refractivity contribution in [3.05, 3.63) is 21.4 Å². The lowest BCUT2D eigenvalue weighted by atomic mass is 10.5. The molecule has 0 radical (unpaired) electrons. The summed E-state index contributed by atoms with van der Waals surface area (Å²) in [7, 11) is 0. The Hall–Kier alpha value is 0.370. The van der Waals surface area contributed by atoms with Gasteiger partial charge in [0.05, 0.1) is 10.0 Å². The van der Waals surface area contributed by atoms with E-state index in [1.165, 1.54) is 11.8 Å². The van der Waals surface area contributed by atoms with Crippen molar-refractivity contribution < 1.29 is 0 Å². The van der Waals surface area contributed by atoms with Gasteiger partial charge in [0.15, 0.2) is 0 Å². The topological polar surface area (TPSA) is 12.9 Å². The third kappa shape index (κ3) is 1.94. The predicted molar refractivity (Wildman–Crippen MR) is 51.0 cm³/mol. The van der Waals surface area contributed by atoms with E-state index in [2.05, 4.69) is 4.98 Å². The fourth-order valence-corrected chi connectivity index (χ4v) is 1.78. The lowest BCUT2D eigenvalue weighted by Gasteiger charge is -2.01. The number of nitrogens with zero attached hydrogens (tertiary/aromatic N) is 1. The first-order chi connectivity index (χ1) is 5.16. The zero-order valence-electron chi connectivity index (χ0n) is 5.57. The van der Waals surface area contributed by atoms with Crippen LogP contribution in [0.3, 0.4) is 0 Å². The third-order valence-corrected chi connectivity index (χ3v) is 3.21. The second-order valence-electron chi connectivity index (χ2n) is 1.75. The van der Waals surface area contributed by atoms with Crippen molar-refractivity contribution in [1.29, 1.82) is 0 Å². The summed E-state index contributed by atoms with van der Waals surface area (Å²) in [5, 5.41) is 1.04. The van der Waals surface area contributed by atoms with Crippen molar-refractivity contribution in [2.75, 3.05) is 6.26 Å². The maximum absolute atomic E-state index is 5.82. The Labute approximate surface area is 84.0 Å². The van der Waals surface area contributed by atoms with Crippen LogP contribution in [0.1, 0.15) is 0 Å². The van der Waals surface area contributed by atoms with E-state index in [0.717, 1.165) is 4.90 Å². The number of hydrogen-bond acceptors (Lipinski definition) is 2. The summed E-state index contributed by atoms with van der Waals surface area (Å²) in [4.78, 5) is 4.67. The average molecular weight is 229 g/mol. The van der Waals surface area contributed by atoms with Crippen molar-refractivity contribution in [3.8, 4) is 0 Å². The summed E-state index contributed by atoms with van der Waals surface area (Å²) in [6.45, 7) is 0. The summed E-state index contributed by atoms with van der Waals surface area (Å²) >= 11 is 18.6. The molecule has 0 saturated heterocycles. The van der Waals surface area contributed by atoms with Gasteiger partial charge in [-0.25, -0.2) is 4.98 Å². The molecule has 0 aromatic carbocycles. The van der Waals surface area contributed by atoms with E-state index < -0.39 is 0 Å². The molecule has 0 spiro atoms. The molecule has 0 N–H and O–H groups in total. The van der Waals surface area contributed by atoms with Gasteiger partial charge in [0, 0.05) is 11.1 Å². The largest absolute Gasteiger partial charge is 0.242 e. The van der Waals surface area contributed by atoms with E-state index in [4.69, 9.17) is 34.8 Å². The number of halogens is 3. The van der Waals surface area contributed by atoms with Crippen LogP contribution in [0.15, 0.2) is 11.1 Å².